The first-order chi connectivity index (χ1) is 12.2. The molecule has 0 unspecified atom stereocenters. The van der Waals surface area contributed by atoms with Crippen molar-refractivity contribution in [1.82, 2.24) is 19.7 Å². The van der Waals surface area contributed by atoms with Crippen molar-refractivity contribution in [1.29, 1.82) is 0 Å². The lowest BCUT2D eigenvalue weighted by Crippen LogP contribution is -2.32. The molecule has 0 saturated carbocycles. The number of nitrogens with one attached hydrogen (secondary N) is 1. The van der Waals surface area contributed by atoms with Gasteiger partial charge in [-0.3, -0.25) is 14.5 Å². The van der Waals surface area contributed by atoms with E-state index in [-0.39, 0.29) is 30.9 Å². The summed E-state index contributed by atoms with van der Waals surface area (Å²) in [6, 6.07) is 2.87. The number of carbonyl (C=O) groups excluding carboxylic acids is 1. The average molecular weight is 371 g/mol. The van der Waals surface area contributed by atoms with Gasteiger partial charge in [0.15, 0.2) is 0 Å². The number of carboxylic acids is 1. The van der Waals surface area contributed by atoms with Crippen LogP contribution in [0.4, 0.5) is 18.9 Å². The SMILES string of the molecule is CN(CCC(=O)O)CC(=O)Nc1cc(C(F)(F)F)ccc1-n1cncn1. The molecule has 11 heteroatoms. The van der Waals surface area contributed by atoms with Crippen LogP contribution in [0.25, 0.3) is 5.69 Å². The summed E-state index contributed by atoms with van der Waals surface area (Å²) in [6.07, 6.45) is -2.23. The van der Waals surface area contributed by atoms with Crippen LogP contribution in [-0.4, -0.2) is 56.8 Å². The minimum Gasteiger partial charge on any atom is -0.481 e. The van der Waals surface area contributed by atoms with E-state index in [1.165, 1.54) is 35.4 Å². The van der Waals surface area contributed by atoms with Crippen LogP contribution in [0.5, 0.6) is 0 Å². The van der Waals surface area contributed by atoms with Crippen molar-refractivity contribution in [2.24, 2.45) is 0 Å². The van der Waals surface area contributed by atoms with Crippen LogP contribution in [0.1, 0.15) is 12.0 Å². The molecule has 2 rings (SSSR count). The van der Waals surface area contributed by atoms with Gasteiger partial charge >= 0.3 is 12.1 Å². The summed E-state index contributed by atoms with van der Waals surface area (Å²) in [5.74, 6) is -1.60. The third-order valence-electron chi connectivity index (χ3n) is 3.38. The Labute approximate surface area is 146 Å². The third kappa shape index (κ3) is 5.28. The van der Waals surface area contributed by atoms with Gasteiger partial charge in [0.05, 0.1) is 29.9 Å². The van der Waals surface area contributed by atoms with E-state index < -0.39 is 23.6 Å². The second-order valence-electron chi connectivity index (χ2n) is 5.50. The van der Waals surface area contributed by atoms with Crippen molar-refractivity contribution in [2.45, 2.75) is 12.6 Å². The fraction of sp³-hybridized carbons (Fsp3) is 0.333. The number of carbonyl (C=O) groups is 2. The van der Waals surface area contributed by atoms with Crippen LogP contribution in [0, 0.1) is 0 Å². The summed E-state index contributed by atoms with van der Waals surface area (Å²) in [4.78, 5) is 27.8. The first kappa shape index (κ1) is 19.4. The van der Waals surface area contributed by atoms with Crippen molar-refractivity contribution in [2.75, 3.05) is 25.5 Å². The maximum absolute atomic E-state index is 13.0. The molecule has 1 aromatic carbocycles. The largest absolute Gasteiger partial charge is 0.481 e. The highest BCUT2D eigenvalue weighted by atomic mass is 19.4. The summed E-state index contributed by atoms with van der Waals surface area (Å²) < 4.78 is 40.1. The van der Waals surface area contributed by atoms with Gasteiger partial charge in [-0.15, -0.1) is 0 Å². The van der Waals surface area contributed by atoms with Crippen molar-refractivity contribution in [3.8, 4) is 5.69 Å². The van der Waals surface area contributed by atoms with Gasteiger partial charge in [-0.05, 0) is 25.2 Å². The molecule has 0 fully saturated rings. The molecule has 26 heavy (non-hydrogen) atoms. The number of hydrogen-bond acceptors (Lipinski definition) is 5. The topological polar surface area (TPSA) is 100 Å². The Balaban J connectivity index is 2.20. The zero-order chi connectivity index (χ0) is 19.3. The first-order valence-corrected chi connectivity index (χ1v) is 7.43. The maximum atomic E-state index is 13.0. The molecule has 1 amide bonds. The number of nitrogens with zero attached hydrogens (tertiary/aromatic N) is 4. The minimum absolute atomic E-state index is 0.0815. The molecule has 0 atom stereocenters. The minimum atomic E-state index is -4.57. The molecule has 140 valence electrons. The van der Waals surface area contributed by atoms with Crippen molar-refractivity contribution < 1.29 is 27.9 Å². The first-order valence-electron chi connectivity index (χ1n) is 7.43. The lowest BCUT2D eigenvalue weighted by atomic mass is 10.1. The highest BCUT2D eigenvalue weighted by molar-refractivity contribution is 5.94. The summed E-state index contributed by atoms with van der Waals surface area (Å²) >= 11 is 0. The number of aromatic nitrogens is 3. The Kier molecular flexibility index (Phi) is 5.93. The molecule has 1 heterocycles. The fourth-order valence-electron chi connectivity index (χ4n) is 2.15. The molecule has 0 spiro atoms. The van der Waals surface area contributed by atoms with E-state index in [1.807, 2.05) is 0 Å². The second-order valence-corrected chi connectivity index (χ2v) is 5.50. The summed E-state index contributed by atoms with van der Waals surface area (Å²) in [5, 5.41) is 14.9. The zero-order valence-electron chi connectivity index (χ0n) is 13.7. The van der Waals surface area contributed by atoms with Crippen LogP contribution in [0.2, 0.25) is 0 Å². The highest BCUT2D eigenvalue weighted by Gasteiger charge is 2.31. The number of benzene rings is 1. The zero-order valence-corrected chi connectivity index (χ0v) is 13.7. The van der Waals surface area contributed by atoms with E-state index in [9.17, 15) is 22.8 Å². The number of likely N-dealkylation sites (N-methyl/N-ethyl adjacent to an activating group) is 1. The second kappa shape index (κ2) is 7.95. The average Bonchev–Trinajstić information content (AvgIpc) is 3.06. The van der Waals surface area contributed by atoms with E-state index in [4.69, 9.17) is 5.11 Å². The fourth-order valence-corrected chi connectivity index (χ4v) is 2.15. The molecule has 1 aromatic heterocycles. The summed E-state index contributed by atoms with van der Waals surface area (Å²) in [7, 11) is 1.53. The molecule has 0 saturated heterocycles. The van der Waals surface area contributed by atoms with E-state index in [2.05, 4.69) is 15.4 Å². The lowest BCUT2D eigenvalue weighted by molar-refractivity contribution is -0.138. The molecular weight excluding hydrogens is 355 g/mol. The number of hydrogen-bond donors (Lipinski definition) is 2. The van der Waals surface area contributed by atoms with Crippen LogP contribution in [0.3, 0.4) is 0 Å². The monoisotopic (exact) mass is 371 g/mol. The quantitative estimate of drug-likeness (QED) is 0.767. The van der Waals surface area contributed by atoms with Gasteiger partial charge in [0.25, 0.3) is 0 Å². The van der Waals surface area contributed by atoms with Crippen molar-refractivity contribution in [3.05, 3.63) is 36.4 Å². The molecule has 8 nitrogen and oxygen atoms in total. The molecule has 0 aliphatic carbocycles. The summed E-state index contributed by atoms with van der Waals surface area (Å²) in [5.41, 5.74) is -0.783. The van der Waals surface area contributed by atoms with Crippen molar-refractivity contribution >= 4 is 17.6 Å². The number of rotatable bonds is 7. The van der Waals surface area contributed by atoms with Crippen LogP contribution < -0.4 is 5.32 Å². The van der Waals surface area contributed by atoms with Crippen molar-refractivity contribution in [3.63, 3.8) is 0 Å². The van der Waals surface area contributed by atoms with Gasteiger partial charge in [0.1, 0.15) is 12.7 Å². The normalized spacial score (nSPS) is 11.6. The van der Waals surface area contributed by atoms with Crippen LogP contribution in [-0.2, 0) is 15.8 Å². The molecule has 0 aliphatic rings. The van der Waals surface area contributed by atoms with Gasteiger partial charge in [-0.25, -0.2) is 9.67 Å². The van der Waals surface area contributed by atoms with Gasteiger partial charge in [-0.2, -0.15) is 18.3 Å². The molecule has 0 aliphatic heterocycles. The molecule has 0 radical (unpaired) electrons. The Bertz CT molecular complexity index is 777. The number of halogens is 3. The molecule has 0 bridgehead atoms. The number of amides is 1. The van der Waals surface area contributed by atoms with E-state index in [0.29, 0.717) is 0 Å². The summed E-state index contributed by atoms with van der Waals surface area (Å²) in [6.45, 7) is -0.0540. The highest BCUT2D eigenvalue weighted by Crippen LogP contribution is 2.33. The predicted molar refractivity (Wildman–Crippen MR) is 84.7 cm³/mol. The Morgan fingerprint density at radius 1 is 1.35 bits per heavy atom. The third-order valence-corrected chi connectivity index (χ3v) is 3.38. The Morgan fingerprint density at radius 3 is 2.65 bits per heavy atom. The van der Waals surface area contributed by atoms with Gasteiger partial charge in [0, 0.05) is 6.54 Å². The molecular formula is C15H16F3N5O3. The molecule has 2 N–H and O–H groups in total. The maximum Gasteiger partial charge on any atom is 0.416 e. The predicted octanol–water partition coefficient (Wildman–Crippen LogP) is 1.63. The van der Waals surface area contributed by atoms with Gasteiger partial charge < -0.3 is 10.4 Å². The number of alkyl halides is 3. The van der Waals surface area contributed by atoms with Crippen LogP contribution in [0.15, 0.2) is 30.9 Å². The smallest absolute Gasteiger partial charge is 0.416 e. The van der Waals surface area contributed by atoms with E-state index in [0.717, 1.165) is 12.1 Å². The number of aliphatic carboxylic acids is 1. The number of carboxylic acid groups (broad SMARTS) is 1. The lowest BCUT2D eigenvalue weighted by Gasteiger charge is -2.17. The molecule has 2 aromatic rings. The Hall–Kier alpha value is -2.95. The number of anilines is 1. The standard InChI is InChI=1S/C15H16F3N5O3/c1-22(5-4-14(25)26)7-13(24)21-11-6-10(15(16,17)18)2-3-12(11)23-9-19-8-20-23/h2-3,6,8-9H,4-5,7H2,1H3,(H,21,24)(H,25,26). The van der Waals surface area contributed by atoms with Gasteiger partial charge in [0.2, 0.25) is 5.91 Å². The van der Waals surface area contributed by atoms with Gasteiger partial charge in [-0.1, -0.05) is 0 Å². The van der Waals surface area contributed by atoms with E-state index in [1.54, 1.807) is 0 Å². The van der Waals surface area contributed by atoms with Crippen LogP contribution >= 0.6 is 0 Å². The Morgan fingerprint density at radius 2 is 2.08 bits per heavy atom. The van der Waals surface area contributed by atoms with E-state index >= 15 is 0 Å².